The van der Waals surface area contributed by atoms with Crippen LogP contribution in [0, 0.1) is 17.6 Å². The average Bonchev–Trinajstić information content (AvgIpc) is 3.41. The van der Waals surface area contributed by atoms with Crippen LogP contribution in [0.4, 0.5) is 27.6 Å². The Kier molecular flexibility index (Phi) is 10.9. The summed E-state index contributed by atoms with van der Waals surface area (Å²) in [5.41, 5.74) is 6.48. The van der Waals surface area contributed by atoms with Gasteiger partial charge in [0.15, 0.2) is 17.4 Å². The van der Waals surface area contributed by atoms with E-state index in [-0.39, 0.29) is 57.2 Å². The molecule has 1 aromatic heterocycles. The number of hydrogen-bond acceptors (Lipinski definition) is 7. The number of ether oxygens (including phenoxy) is 1. The molecule has 12 nitrogen and oxygen atoms in total. The minimum absolute atomic E-state index is 0.0478. The van der Waals surface area contributed by atoms with Crippen molar-refractivity contribution in [2.24, 2.45) is 18.7 Å². The van der Waals surface area contributed by atoms with Crippen LogP contribution in [0.2, 0.25) is 5.02 Å². The highest BCUT2D eigenvalue weighted by Crippen LogP contribution is 2.31. The van der Waals surface area contributed by atoms with Gasteiger partial charge in [0, 0.05) is 56.4 Å². The van der Waals surface area contributed by atoms with E-state index < -0.39 is 29.7 Å². The molecule has 2 aliphatic rings. The number of likely N-dealkylation sites (tertiary alicyclic amines) is 2. The third kappa shape index (κ3) is 7.84. The fourth-order valence-corrected chi connectivity index (χ4v) is 5.42. The van der Waals surface area contributed by atoms with Gasteiger partial charge in [-0.05, 0) is 43.2 Å². The number of carboxylic acids is 1. The number of aliphatic carboxylic acids is 1. The Morgan fingerprint density at radius 3 is 2.21 bits per heavy atom. The number of benzene rings is 2. The van der Waals surface area contributed by atoms with E-state index in [9.17, 15) is 36.3 Å². The first-order valence-corrected chi connectivity index (χ1v) is 14.7. The van der Waals surface area contributed by atoms with Crippen LogP contribution in [-0.4, -0.2) is 93.7 Å². The number of rotatable bonds is 6. The smallest absolute Gasteiger partial charge is 0.490 e. The van der Waals surface area contributed by atoms with Gasteiger partial charge in [-0.15, -0.1) is 0 Å². The number of piperidine rings is 1. The van der Waals surface area contributed by atoms with Gasteiger partial charge in [0.2, 0.25) is 11.7 Å². The summed E-state index contributed by atoms with van der Waals surface area (Å²) >= 11 is 6.43. The number of aromatic nitrogens is 2. The van der Waals surface area contributed by atoms with Crippen LogP contribution >= 0.6 is 11.6 Å². The molecule has 2 aliphatic heterocycles. The molecule has 48 heavy (non-hydrogen) atoms. The van der Waals surface area contributed by atoms with E-state index in [1.54, 1.807) is 15.9 Å². The molecule has 0 atom stereocenters. The number of amides is 3. The van der Waals surface area contributed by atoms with E-state index in [2.05, 4.69) is 10.3 Å². The number of carboxylic acid groups (broad SMARTS) is 1. The van der Waals surface area contributed by atoms with Crippen molar-refractivity contribution in [2.75, 3.05) is 38.6 Å². The van der Waals surface area contributed by atoms with Crippen molar-refractivity contribution in [1.82, 2.24) is 19.4 Å². The number of imidazole rings is 1. The van der Waals surface area contributed by atoms with E-state index in [0.717, 1.165) is 0 Å². The maximum absolute atomic E-state index is 14.6. The second-order valence-corrected chi connectivity index (χ2v) is 11.4. The van der Waals surface area contributed by atoms with Crippen molar-refractivity contribution >= 4 is 41.0 Å². The minimum Gasteiger partial charge on any atom is -0.494 e. The molecule has 0 saturated carbocycles. The molecule has 258 valence electrons. The van der Waals surface area contributed by atoms with Crippen molar-refractivity contribution in [3.05, 3.63) is 64.6 Å². The van der Waals surface area contributed by atoms with Crippen LogP contribution in [0.1, 0.15) is 33.8 Å². The van der Waals surface area contributed by atoms with Crippen molar-refractivity contribution in [2.45, 2.75) is 25.1 Å². The van der Waals surface area contributed by atoms with Crippen molar-refractivity contribution in [3.63, 3.8) is 0 Å². The van der Waals surface area contributed by atoms with Gasteiger partial charge in [0.25, 0.3) is 11.8 Å². The predicted molar refractivity (Wildman–Crippen MR) is 161 cm³/mol. The SMILES string of the molecule is COc1ccc(-c2cnc(C(=O)Nc3ccc(C(=O)N4CCC(C(=O)N5CC(N)C5)CC4)c(Cl)c3)n2C)c(F)c1F.O=C(O)C(F)(F)F. The zero-order valence-electron chi connectivity index (χ0n) is 25.5. The topological polar surface area (TPSA) is 160 Å². The molecule has 18 heteroatoms. The Bertz CT molecular complexity index is 1720. The highest BCUT2D eigenvalue weighted by Gasteiger charge is 2.38. The molecule has 0 spiro atoms. The maximum atomic E-state index is 14.6. The van der Waals surface area contributed by atoms with Gasteiger partial charge in [-0.3, -0.25) is 14.4 Å². The molecule has 3 amide bonds. The molecule has 0 bridgehead atoms. The highest BCUT2D eigenvalue weighted by molar-refractivity contribution is 6.34. The monoisotopic (exact) mass is 700 g/mol. The molecule has 2 fully saturated rings. The van der Waals surface area contributed by atoms with Gasteiger partial charge < -0.3 is 35.3 Å². The van der Waals surface area contributed by atoms with E-state index in [4.69, 9.17) is 32.0 Å². The van der Waals surface area contributed by atoms with Crippen LogP contribution in [0.25, 0.3) is 11.3 Å². The molecule has 5 rings (SSSR count). The van der Waals surface area contributed by atoms with Crippen LogP contribution in [0.15, 0.2) is 36.5 Å². The summed E-state index contributed by atoms with van der Waals surface area (Å²) in [5.74, 6) is -6.20. The number of anilines is 1. The lowest BCUT2D eigenvalue weighted by Crippen LogP contribution is -2.59. The Labute approximate surface area is 275 Å². The van der Waals surface area contributed by atoms with Crippen molar-refractivity contribution < 1.29 is 51.0 Å². The summed E-state index contributed by atoms with van der Waals surface area (Å²) in [4.78, 5) is 55.1. The summed E-state index contributed by atoms with van der Waals surface area (Å²) in [6.45, 7) is 2.03. The van der Waals surface area contributed by atoms with Crippen molar-refractivity contribution in [3.8, 4) is 17.0 Å². The molecular formula is C30H30ClF5N6O6. The van der Waals surface area contributed by atoms with Gasteiger partial charge in [0.05, 0.1) is 29.6 Å². The largest absolute Gasteiger partial charge is 0.494 e. The number of nitrogens with zero attached hydrogens (tertiary/aromatic N) is 4. The van der Waals surface area contributed by atoms with E-state index in [1.165, 1.54) is 49.2 Å². The van der Waals surface area contributed by atoms with Crippen LogP contribution in [-0.2, 0) is 16.6 Å². The fraction of sp³-hybridized carbons (Fsp3) is 0.367. The van der Waals surface area contributed by atoms with E-state index in [0.29, 0.717) is 44.7 Å². The number of carbonyl (C=O) groups is 4. The fourth-order valence-electron chi connectivity index (χ4n) is 5.16. The van der Waals surface area contributed by atoms with Gasteiger partial charge in [-0.2, -0.15) is 17.6 Å². The van der Waals surface area contributed by atoms with E-state index in [1.807, 2.05) is 0 Å². The summed E-state index contributed by atoms with van der Waals surface area (Å²) in [5, 5.41) is 9.94. The Morgan fingerprint density at radius 1 is 1.04 bits per heavy atom. The van der Waals surface area contributed by atoms with Crippen molar-refractivity contribution in [1.29, 1.82) is 0 Å². The third-order valence-electron chi connectivity index (χ3n) is 7.79. The lowest BCUT2D eigenvalue weighted by Gasteiger charge is -2.41. The quantitative estimate of drug-likeness (QED) is 0.326. The van der Waals surface area contributed by atoms with E-state index >= 15 is 0 Å². The van der Waals surface area contributed by atoms with Crippen LogP contribution in [0.3, 0.4) is 0 Å². The summed E-state index contributed by atoms with van der Waals surface area (Å²) in [6, 6.07) is 7.20. The Hall–Kier alpha value is -4.77. The van der Waals surface area contributed by atoms with Gasteiger partial charge >= 0.3 is 12.1 Å². The standard InChI is InChI=1S/C28H29ClF2N6O4.C2HF3O2/c1-35-21(19-5-6-22(41-2)24(31)23(19)30)12-33-25(35)26(38)34-17-3-4-18(20(29)11-17)28(40)36-9-7-15(8-10-36)27(39)37-13-16(32)14-37;3-2(4,5)1(6)7/h3-6,11-12,15-16H,7-10,13-14,32H2,1-2H3,(H,34,38);(H,6,7). The van der Waals surface area contributed by atoms with Gasteiger partial charge in [-0.1, -0.05) is 11.6 Å². The summed E-state index contributed by atoms with van der Waals surface area (Å²) in [6.07, 6.45) is -2.68. The first-order chi connectivity index (χ1) is 22.5. The molecule has 0 aliphatic carbocycles. The number of hydrogen-bond donors (Lipinski definition) is 3. The summed E-state index contributed by atoms with van der Waals surface area (Å²) < 4.78 is 66.7. The second-order valence-electron chi connectivity index (χ2n) is 11.0. The Morgan fingerprint density at radius 2 is 1.67 bits per heavy atom. The van der Waals surface area contributed by atoms with Gasteiger partial charge in [0.1, 0.15) is 0 Å². The number of alkyl halides is 3. The molecule has 4 N–H and O–H groups in total. The number of halogens is 6. The number of nitrogens with one attached hydrogen (secondary N) is 1. The summed E-state index contributed by atoms with van der Waals surface area (Å²) in [7, 11) is 2.74. The highest BCUT2D eigenvalue weighted by atomic mass is 35.5. The average molecular weight is 701 g/mol. The third-order valence-corrected chi connectivity index (χ3v) is 8.10. The predicted octanol–water partition coefficient (Wildman–Crippen LogP) is 3.93. The van der Waals surface area contributed by atoms with Crippen LogP contribution < -0.4 is 15.8 Å². The zero-order valence-corrected chi connectivity index (χ0v) is 26.2. The first-order valence-electron chi connectivity index (χ1n) is 14.3. The lowest BCUT2D eigenvalue weighted by atomic mass is 9.93. The minimum atomic E-state index is -5.08. The van der Waals surface area contributed by atoms with Gasteiger partial charge in [-0.25, -0.2) is 14.2 Å². The first kappa shape index (κ1) is 36.1. The number of carbonyl (C=O) groups excluding carboxylic acids is 3. The molecule has 2 saturated heterocycles. The molecule has 0 unspecified atom stereocenters. The Balaban J connectivity index is 0.000000671. The molecule has 2 aromatic carbocycles. The molecule has 3 aromatic rings. The molecular weight excluding hydrogens is 671 g/mol. The second kappa shape index (κ2) is 14.6. The lowest BCUT2D eigenvalue weighted by molar-refractivity contribution is -0.192. The van der Waals surface area contributed by atoms with Crippen LogP contribution in [0.5, 0.6) is 5.75 Å². The number of methoxy groups -OCH3 is 1. The zero-order chi connectivity index (χ0) is 35.5. The molecule has 3 heterocycles. The molecule has 0 radical (unpaired) electrons. The normalized spacial score (nSPS) is 15.3. The number of nitrogens with two attached hydrogens (primary N) is 1. The maximum Gasteiger partial charge on any atom is 0.490 e.